The van der Waals surface area contributed by atoms with E-state index in [1.54, 1.807) is 12.1 Å². The fourth-order valence-corrected chi connectivity index (χ4v) is 6.85. The second kappa shape index (κ2) is 13.1. The van der Waals surface area contributed by atoms with Crippen LogP contribution in [0.5, 0.6) is 0 Å². The fourth-order valence-electron chi connectivity index (χ4n) is 6.04. The van der Waals surface area contributed by atoms with Gasteiger partial charge in [0.1, 0.15) is 0 Å². The molecule has 4 rings (SSSR count). The zero-order valence-corrected chi connectivity index (χ0v) is 22.4. The molecule has 1 atom stereocenters. The Hall–Kier alpha value is -2.87. The molecule has 1 aromatic carbocycles. The lowest BCUT2D eigenvalue weighted by molar-refractivity contribution is -0.136. The Morgan fingerprint density at radius 1 is 0.946 bits per heavy atom. The first kappa shape index (κ1) is 27.2. The van der Waals surface area contributed by atoms with Gasteiger partial charge in [0.2, 0.25) is 0 Å². The van der Waals surface area contributed by atoms with E-state index in [2.05, 4.69) is 16.0 Å². The minimum Gasteiger partial charge on any atom is -0.481 e. The number of carboxylic acid groups (broad SMARTS) is 1. The molecule has 1 aromatic heterocycles. The number of carbonyl (C=O) groups is 3. The van der Waals surface area contributed by atoms with Gasteiger partial charge in [-0.15, -0.1) is 11.3 Å². The highest BCUT2D eigenvalue weighted by atomic mass is 32.1. The SMILES string of the molecule is Cc1ccsc1NC(=O)NC(c1ccc(C(=O)NCCC(=O)O)cc1)C1CCC(C2CCCCC2)CC1. The van der Waals surface area contributed by atoms with E-state index in [-0.39, 0.29) is 30.9 Å². The number of hydrogen-bond donors (Lipinski definition) is 4. The molecular formula is C29H39N3O4S. The molecule has 8 heteroatoms. The van der Waals surface area contributed by atoms with Crippen LogP contribution in [0.3, 0.4) is 0 Å². The number of thiophene rings is 1. The van der Waals surface area contributed by atoms with Crippen molar-refractivity contribution in [3.8, 4) is 0 Å². The molecule has 0 aliphatic heterocycles. The summed E-state index contributed by atoms with van der Waals surface area (Å²) in [6.45, 7) is 2.07. The van der Waals surface area contributed by atoms with Crippen molar-refractivity contribution in [2.45, 2.75) is 77.2 Å². The van der Waals surface area contributed by atoms with Gasteiger partial charge in [0.25, 0.3) is 5.91 Å². The molecule has 0 bridgehead atoms. The summed E-state index contributed by atoms with van der Waals surface area (Å²) < 4.78 is 0. The van der Waals surface area contributed by atoms with Crippen molar-refractivity contribution in [1.82, 2.24) is 10.6 Å². The molecule has 2 saturated carbocycles. The van der Waals surface area contributed by atoms with Crippen LogP contribution in [-0.4, -0.2) is 29.6 Å². The van der Waals surface area contributed by atoms with Crippen LogP contribution in [0.2, 0.25) is 0 Å². The van der Waals surface area contributed by atoms with Crippen molar-refractivity contribution in [2.24, 2.45) is 17.8 Å². The number of carboxylic acids is 1. The highest BCUT2D eigenvalue weighted by Gasteiger charge is 2.33. The Morgan fingerprint density at radius 3 is 2.24 bits per heavy atom. The van der Waals surface area contributed by atoms with Gasteiger partial charge in [-0.1, -0.05) is 44.2 Å². The Labute approximate surface area is 223 Å². The van der Waals surface area contributed by atoms with E-state index in [0.717, 1.165) is 40.8 Å². The topological polar surface area (TPSA) is 108 Å². The quantitative estimate of drug-likeness (QED) is 0.299. The Morgan fingerprint density at radius 2 is 1.62 bits per heavy atom. The van der Waals surface area contributed by atoms with Crippen molar-refractivity contribution in [3.63, 3.8) is 0 Å². The standard InChI is InChI=1S/C29H39N3O4S/c1-19-16-18-37-28(19)32-29(36)31-26(22-9-7-21(8-10-22)20-5-3-2-4-6-20)23-11-13-24(14-12-23)27(35)30-17-15-25(33)34/h11-14,16,18,20-22,26H,2-10,15,17H2,1H3,(H,30,35)(H,33,34)(H2,31,32,36). The van der Waals surface area contributed by atoms with E-state index >= 15 is 0 Å². The zero-order chi connectivity index (χ0) is 26.2. The number of urea groups is 1. The second-order valence-corrected chi connectivity index (χ2v) is 11.5. The third-order valence-corrected chi connectivity index (χ3v) is 9.07. The van der Waals surface area contributed by atoms with Crippen molar-refractivity contribution in [2.75, 3.05) is 11.9 Å². The summed E-state index contributed by atoms with van der Waals surface area (Å²) in [6, 6.07) is 8.99. The van der Waals surface area contributed by atoms with Gasteiger partial charge in [-0.05, 0) is 85.1 Å². The third kappa shape index (κ3) is 7.57. The molecule has 2 aliphatic carbocycles. The minimum atomic E-state index is -0.946. The summed E-state index contributed by atoms with van der Waals surface area (Å²) in [7, 11) is 0. The molecule has 1 unspecified atom stereocenters. The van der Waals surface area contributed by atoms with Crippen LogP contribution in [-0.2, 0) is 4.79 Å². The Balaban J connectivity index is 1.44. The van der Waals surface area contributed by atoms with Crippen LogP contribution in [0.4, 0.5) is 9.80 Å². The highest BCUT2D eigenvalue weighted by Crippen LogP contribution is 2.43. The van der Waals surface area contributed by atoms with E-state index in [9.17, 15) is 14.4 Å². The van der Waals surface area contributed by atoms with Gasteiger partial charge in [0, 0.05) is 12.1 Å². The highest BCUT2D eigenvalue weighted by molar-refractivity contribution is 7.14. The van der Waals surface area contributed by atoms with Crippen molar-refractivity contribution < 1.29 is 19.5 Å². The lowest BCUT2D eigenvalue weighted by atomic mass is 9.69. The summed E-state index contributed by atoms with van der Waals surface area (Å²) >= 11 is 1.51. The van der Waals surface area contributed by atoms with Crippen LogP contribution in [0, 0.1) is 24.7 Å². The minimum absolute atomic E-state index is 0.0899. The molecule has 0 saturated heterocycles. The molecule has 1 heterocycles. The number of amides is 3. The van der Waals surface area contributed by atoms with Gasteiger partial charge < -0.3 is 15.7 Å². The average Bonchev–Trinajstić information content (AvgIpc) is 3.31. The number of hydrogen-bond acceptors (Lipinski definition) is 4. The summed E-state index contributed by atoms with van der Waals surface area (Å²) in [5.74, 6) is 0.766. The smallest absolute Gasteiger partial charge is 0.320 e. The molecular weight excluding hydrogens is 486 g/mol. The second-order valence-electron chi connectivity index (χ2n) is 10.6. The number of carbonyl (C=O) groups excluding carboxylic acids is 2. The van der Waals surface area contributed by atoms with Crippen LogP contribution < -0.4 is 16.0 Å². The fraction of sp³-hybridized carbons (Fsp3) is 0.552. The predicted octanol–water partition coefficient (Wildman–Crippen LogP) is 6.51. The molecule has 37 heavy (non-hydrogen) atoms. The monoisotopic (exact) mass is 525 g/mol. The summed E-state index contributed by atoms with van der Waals surface area (Å²) in [6.07, 6.45) is 11.3. The van der Waals surface area contributed by atoms with Gasteiger partial charge in [-0.3, -0.25) is 14.9 Å². The van der Waals surface area contributed by atoms with Crippen LogP contribution >= 0.6 is 11.3 Å². The lowest BCUT2D eigenvalue weighted by Gasteiger charge is -2.38. The van der Waals surface area contributed by atoms with Gasteiger partial charge in [-0.25, -0.2) is 4.79 Å². The van der Waals surface area contributed by atoms with E-state index < -0.39 is 5.97 Å². The van der Waals surface area contributed by atoms with Gasteiger partial charge in [0.15, 0.2) is 0 Å². The van der Waals surface area contributed by atoms with Crippen LogP contribution in [0.25, 0.3) is 0 Å². The van der Waals surface area contributed by atoms with Gasteiger partial charge in [0.05, 0.1) is 17.5 Å². The molecule has 7 nitrogen and oxygen atoms in total. The first-order valence-corrected chi connectivity index (χ1v) is 14.5. The predicted molar refractivity (Wildman–Crippen MR) is 147 cm³/mol. The van der Waals surface area contributed by atoms with Gasteiger partial charge >= 0.3 is 12.0 Å². The maximum atomic E-state index is 13.0. The summed E-state index contributed by atoms with van der Waals surface area (Å²) in [5, 5.41) is 20.5. The molecule has 3 amide bonds. The maximum absolute atomic E-state index is 13.0. The van der Waals surface area contributed by atoms with Crippen LogP contribution in [0.1, 0.15) is 91.7 Å². The molecule has 4 N–H and O–H groups in total. The number of rotatable bonds is 9. The Bertz CT molecular complexity index is 1050. The van der Waals surface area contributed by atoms with E-state index in [1.165, 1.54) is 56.3 Å². The molecule has 2 fully saturated rings. The maximum Gasteiger partial charge on any atom is 0.320 e. The van der Waals surface area contributed by atoms with E-state index in [1.807, 2.05) is 30.5 Å². The zero-order valence-electron chi connectivity index (χ0n) is 21.6. The molecule has 0 spiro atoms. The van der Waals surface area contributed by atoms with Crippen molar-refractivity contribution >= 4 is 34.2 Å². The summed E-state index contributed by atoms with van der Waals surface area (Å²) in [4.78, 5) is 36.1. The van der Waals surface area contributed by atoms with E-state index in [4.69, 9.17) is 5.11 Å². The third-order valence-electron chi connectivity index (χ3n) is 8.14. The number of nitrogens with one attached hydrogen (secondary N) is 3. The first-order chi connectivity index (χ1) is 17.9. The van der Waals surface area contributed by atoms with Crippen LogP contribution in [0.15, 0.2) is 35.7 Å². The number of benzene rings is 1. The summed E-state index contributed by atoms with van der Waals surface area (Å²) in [5.41, 5.74) is 2.51. The molecule has 200 valence electrons. The van der Waals surface area contributed by atoms with Crippen molar-refractivity contribution in [1.29, 1.82) is 0 Å². The first-order valence-electron chi connectivity index (χ1n) is 13.6. The molecule has 0 radical (unpaired) electrons. The Kier molecular flexibility index (Phi) is 9.61. The number of aryl methyl sites for hydroxylation is 1. The van der Waals surface area contributed by atoms with Crippen molar-refractivity contribution in [3.05, 3.63) is 52.4 Å². The molecule has 2 aromatic rings. The number of anilines is 1. The van der Waals surface area contributed by atoms with Gasteiger partial charge in [-0.2, -0.15) is 0 Å². The van der Waals surface area contributed by atoms with E-state index in [0.29, 0.717) is 11.5 Å². The lowest BCUT2D eigenvalue weighted by Crippen LogP contribution is -2.38. The number of aliphatic carboxylic acids is 1. The normalized spacial score (nSPS) is 21.1. The largest absolute Gasteiger partial charge is 0.481 e. The average molecular weight is 526 g/mol. The molecule has 2 aliphatic rings.